The standard InChI is InChI=1S/C25H23NO3/c1-17(2)15-28-19-9-7-8-18(14-19)26-25(27)29-16-24-22-12-5-3-10-20(22)21-11-4-6-13-23(21)24/h3-14,24H,1,15-16H2,2H3,(H,26,27). The van der Waals surface area contributed by atoms with Gasteiger partial charge in [-0.1, -0.05) is 61.2 Å². The first-order valence-electron chi connectivity index (χ1n) is 9.61. The van der Waals surface area contributed by atoms with Crippen LogP contribution in [0.1, 0.15) is 24.0 Å². The summed E-state index contributed by atoms with van der Waals surface area (Å²) in [6, 6.07) is 23.8. The number of anilines is 1. The van der Waals surface area contributed by atoms with Gasteiger partial charge in [-0.25, -0.2) is 4.79 Å². The molecule has 3 aromatic rings. The van der Waals surface area contributed by atoms with Crippen LogP contribution in [-0.2, 0) is 4.74 Å². The van der Waals surface area contributed by atoms with Crippen LogP contribution in [0.2, 0.25) is 0 Å². The van der Waals surface area contributed by atoms with Crippen molar-refractivity contribution in [3.05, 3.63) is 96.1 Å². The quantitative estimate of drug-likeness (QED) is 0.529. The van der Waals surface area contributed by atoms with Crippen LogP contribution in [0.4, 0.5) is 10.5 Å². The molecule has 1 N–H and O–H groups in total. The second-order valence-corrected chi connectivity index (χ2v) is 7.22. The molecule has 4 nitrogen and oxygen atoms in total. The fraction of sp³-hybridized carbons (Fsp3) is 0.160. The fourth-order valence-corrected chi connectivity index (χ4v) is 3.62. The molecule has 0 aliphatic heterocycles. The van der Waals surface area contributed by atoms with Gasteiger partial charge in [0.1, 0.15) is 19.0 Å². The molecule has 0 atom stereocenters. The average molecular weight is 385 g/mol. The zero-order valence-corrected chi connectivity index (χ0v) is 16.4. The molecule has 0 aromatic heterocycles. The maximum Gasteiger partial charge on any atom is 0.411 e. The van der Waals surface area contributed by atoms with E-state index < -0.39 is 6.09 Å². The smallest absolute Gasteiger partial charge is 0.411 e. The number of hydrogen-bond donors (Lipinski definition) is 1. The predicted molar refractivity (Wildman–Crippen MR) is 115 cm³/mol. The number of benzene rings is 3. The Morgan fingerprint density at radius 2 is 1.62 bits per heavy atom. The second-order valence-electron chi connectivity index (χ2n) is 7.22. The molecule has 146 valence electrons. The van der Waals surface area contributed by atoms with Crippen LogP contribution in [-0.4, -0.2) is 19.3 Å². The van der Waals surface area contributed by atoms with Crippen molar-refractivity contribution in [3.63, 3.8) is 0 Å². The van der Waals surface area contributed by atoms with E-state index in [1.165, 1.54) is 22.3 Å². The highest BCUT2D eigenvalue weighted by Crippen LogP contribution is 2.44. The lowest BCUT2D eigenvalue weighted by atomic mass is 9.98. The summed E-state index contributed by atoms with van der Waals surface area (Å²) in [5.74, 6) is 0.711. The largest absolute Gasteiger partial charge is 0.489 e. The van der Waals surface area contributed by atoms with E-state index in [1.807, 2.05) is 43.3 Å². The monoisotopic (exact) mass is 385 g/mol. The molecule has 4 heteroatoms. The molecule has 0 unspecified atom stereocenters. The summed E-state index contributed by atoms with van der Waals surface area (Å²) in [6.45, 7) is 6.44. The summed E-state index contributed by atoms with van der Waals surface area (Å²) in [6.07, 6.45) is -0.482. The van der Waals surface area contributed by atoms with Gasteiger partial charge in [-0.2, -0.15) is 0 Å². The average Bonchev–Trinajstić information content (AvgIpc) is 3.05. The molecule has 0 spiro atoms. The van der Waals surface area contributed by atoms with Gasteiger partial charge in [0.15, 0.2) is 0 Å². The molecule has 0 heterocycles. The lowest BCUT2D eigenvalue weighted by Gasteiger charge is -2.15. The molecule has 4 rings (SSSR count). The number of rotatable bonds is 6. The minimum atomic E-state index is -0.482. The fourth-order valence-electron chi connectivity index (χ4n) is 3.62. The summed E-state index contributed by atoms with van der Waals surface area (Å²) in [5, 5.41) is 2.78. The SMILES string of the molecule is C=C(C)COc1cccc(NC(=O)OCC2c3ccccc3-c3ccccc32)c1. The Balaban J connectivity index is 1.42. The minimum Gasteiger partial charge on any atom is -0.489 e. The van der Waals surface area contributed by atoms with Crippen molar-refractivity contribution in [3.8, 4) is 16.9 Å². The van der Waals surface area contributed by atoms with Gasteiger partial charge >= 0.3 is 6.09 Å². The van der Waals surface area contributed by atoms with Crippen LogP contribution < -0.4 is 10.1 Å². The molecule has 1 aliphatic carbocycles. The Bertz CT molecular complexity index is 1010. The van der Waals surface area contributed by atoms with Crippen LogP contribution in [0.5, 0.6) is 5.75 Å². The molecular formula is C25H23NO3. The molecule has 29 heavy (non-hydrogen) atoms. The van der Waals surface area contributed by atoms with Crippen molar-refractivity contribution in [2.75, 3.05) is 18.5 Å². The summed E-state index contributed by atoms with van der Waals surface area (Å²) in [7, 11) is 0. The number of nitrogens with one attached hydrogen (secondary N) is 1. The first kappa shape index (κ1) is 18.8. The molecule has 0 radical (unpaired) electrons. The lowest BCUT2D eigenvalue weighted by Crippen LogP contribution is -2.17. The van der Waals surface area contributed by atoms with Gasteiger partial charge in [-0.3, -0.25) is 5.32 Å². The number of ether oxygens (including phenoxy) is 2. The molecule has 0 fully saturated rings. The maximum atomic E-state index is 12.4. The molecule has 3 aromatic carbocycles. The second kappa shape index (κ2) is 8.23. The first-order chi connectivity index (χ1) is 14.1. The third-order valence-electron chi connectivity index (χ3n) is 4.91. The van der Waals surface area contributed by atoms with Crippen molar-refractivity contribution in [2.24, 2.45) is 0 Å². The van der Waals surface area contributed by atoms with E-state index in [0.717, 1.165) is 5.57 Å². The Morgan fingerprint density at radius 1 is 0.966 bits per heavy atom. The Kier molecular flexibility index (Phi) is 5.34. The van der Waals surface area contributed by atoms with E-state index in [9.17, 15) is 4.79 Å². The van der Waals surface area contributed by atoms with Gasteiger partial charge < -0.3 is 9.47 Å². The topological polar surface area (TPSA) is 47.6 Å². The van der Waals surface area contributed by atoms with Gasteiger partial charge in [0.25, 0.3) is 0 Å². The van der Waals surface area contributed by atoms with Crippen LogP contribution in [0.15, 0.2) is 84.9 Å². The van der Waals surface area contributed by atoms with Crippen molar-refractivity contribution in [1.82, 2.24) is 0 Å². The Labute approximate surface area is 170 Å². The van der Waals surface area contributed by atoms with Crippen molar-refractivity contribution in [2.45, 2.75) is 12.8 Å². The maximum absolute atomic E-state index is 12.4. The number of carbonyl (C=O) groups is 1. The van der Waals surface area contributed by atoms with E-state index in [0.29, 0.717) is 18.0 Å². The van der Waals surface area contributed by atoms with Crippen LogP contribution >= 0.6 is 0 Å². The van der Waals surface area contributed by atoms with Gasteiger partial charge in [-0.05, 0) is 46.9 Å². The zero-order chi connectivity index (χ0) is 20.2. The van der Waals surface area contributed by atoms with Crippen LogP contribution in [0, 0.1) is 0 Å². The summed E-state index contributed by atoms with van der Waals surface area (Å²) >= 11 is 0. The van der Waals surface area contributed by atoms with Crippen LogP contribution in [0.25, 0.3) is 11.1 Å². The van der Waals surface area contributed by atoms with E-state index in [2.05, 4.69) is 36.2 Å². The van der Waals surface area contributed by atoms with Crippen LogP contribution in [0.3, 0.4) is 0 Å². The van der Waals surface area contributed by atoms with Crippen molar-refractivity contribution < 1.29 is 14.3 Å². The van der Waals surface area contributed by atoms with Gasteiger partial charge in [-0.15, -0.1) is 0 Å². The van der Waals surface area contributed by atoms with E-state index in [4.69, 9.17) is 9.47 Å². The van der Waals surface area contributed by atoms with E-state index in [-0.39, 0.29) is 12.5 Å². The van der Waals surface area contributed by atoms with Gasteiger partial charge in [0, 0.05) is 17.7 Å². The van der Waals surface area contributed by atoms with Crippen molar-refractivity contribution in [1.29, 1.82) is 0 Å². The first-order valence-corrected chi connectivity index (χ1v) is 9.61. The summed E-state index contributed by atoms with van der Waals surface area (Å²) in [4.78, 5) is 12.4. The Morgan fingerprint density at radius 3 is 2.28 bits per heavy atom. The van der Waals surface area contributed by atoms with Crippen molar-refractivity contribution >= 4 is 11.8 Å². The summed E-state index contributed by atoms with van der Waals surface area (Å²) < 4.78 is 11.2. The highest BCUT2D eigenvalue weighted by atomic mass is 16.5. The number of carbonyl (C=O) groups excluding carboxylic acids is 1. The molecule has 0 bridgehead atoms. The third kappa shape index (κ3) is 4.16. The predicted octanol–water partition coefficient (Wildman–Crippen LogP) is 6.00. The third-order valence-corrected chi connectivity index (χ3v) is 4.91. The molecular weight excluding hydrogens is 362 g/mol. The van der Waals surface area contributed by atoms with E-state index >= 15 is 0 Å². The summed E-state index contributed by atoms with van der Waals surface area (Å²) in [5.41, 5.74) is 6.36. The number of hydrogen-bond acceptors (Lipinski definition) is 3. The molecule has 0 saturated heterocycles. The lowest BCUT2D eigenvalue weighted by molar-refractivity contribution is 0.158. The number of amides is 1. The normalized spacial score (nSPS) is 12.0. The number of fused-ring (bicyclic) bond motifs is 3. The highest BCUT2D eigenvalue weighted by molar-refractivity contribution is 5.85. The minimum absolute atomic E-state index is 0.0402. The Hall–Kier alpha value is -3.53. The zero-order valence-electron chi connectivity index (χ0n) is 16.4. The molecule has 1 amide bonds. The molecule has 1 aliphatic rings. The van der Waals surface area contributed by atoms with E-state index in [1.54, 1.807) is 12.1 Å². The van der Waals surface area contributed by atoms with Gasteiger partial charge in [0.05, 0.1) is 0 Å². The highest BCUT2D eigenvalue weighted by Gasteiger charge is 2.28. The molecule has 0 saturated carbocycles. The van der Waals surface area contributed by atoms with Gasteiger partial charge in [0.2, 0.25) is 0 Å².